The molecule has 18 heavy (non-hydrogen) atoms. The van der Waals surface area contributed by atoms with Crippen LogP contribution in [0.2, 0.25) is 0 Å². The Kier molecular flexibility index (Phi) is 3.85. The van der Waals surface area contributed by atoms with Crippen LogP contribution in [0.1, 0.15) is 10.4 Å². The minimum atomic E-state index is -0.587. The van der Waals surface area contributed by atoms with Crippen molar-refractivity contribution in [2.45, 2.75) is 0 Å². The molecule has 0 fully saturated rings. The second kappa shape index (κ2) is 5.38. The van der Waals surface area contributed by atoms with E-state index in [-0.39, 0.29) is 11.4 Å². The molecule has 1 amide bonds. The van der Waals surface area contributed by atoms with Crippen molar-refractivity contribution in [1.82, 2.24) is 4.98 Å². The zero-order valence-electron chi connectivity index (χ0n) is 8.95. The molecule has 1 N–H and O–H groups in total. The lowest BCUT2D eigenvalue weighted by atomic mass is 10.2. The van der Waals surface area contributed by atoms with Crippen LogP contribution in [0.3, 0.4) is 0 Å². The van der Waals surface area contributed by atoms with Gasteiger partial charge in [-0.2, -0.15) is 0 Å². The summed E-state index contributed by atoms with van der Waals surface area (Å²) in [4.78, 5) is 15.4. The number of aromatic nitrogens is 1. The van der Waals surface area contributed by atoms with Gasteiger partial charge in [-0.05, 0) is 46.9 Å². The molecule has 2 rings (SSSR count). The predicted octanol–water partition coefficient (Wildman–Crippen LogP) is 3.22. The second-order valence-corrected chi connectivity index (χ2v) is 4.63. The van der Waals surface area contributed by atoms with Gasteiger partial charge in [0, 0.05) is 9.77 Å². The van der Waals surface area contributed by atoms with Gasteiger partial charge in [0.1, 0.15) is 11.6 Å². The zero-order valence-corrected chi connectivity index (χ0v) is 11.1. The van der Waals surface area contributed by atoms with Crippen molar-refractivity contribution in [3.63, 3.8) is 0 Å². The van der Waals surface area contributed by atoms with Crippen molar-refractivity contribution >= 4 is 34.2 Å². The van der Waals surface area contributed by atoms with Crippen molar-refractivity contribution in [3.05, 3.63) is 57.4 Å². The molecule has 0 aliphatic carbocycles. The Balaban J connectivity index is 2.21. The van der Waals surface area contributed by atoms with Crippen molar-refractivity contribution in [2.75, 3.05) is 5.32 Å². The van der Waals surface area contributed by atoms with Crippen molar-refractivity contribution < 1.29 is 13.6 Å². The molecular formula is C12H7F2IN2O. The topological polar surface area (TPSA) is 42.0 Å². The Morgan fingerprint density at radius 3 is 2.61 bits per heavy atom. The Morgan fingerprint density at radius 1 is 1.17 bits per heavy atom. The van der Waals surface area contributed by atoms with Gasteiger partial charge >= 0.3 is 0 Å². The summed E-state index contributed by atoms with van der Waals surface area (Å²) < 4.78 is 26.3. The number of benzene rings is 1. The average molecular weight is 360 g/mol. The standard InChI is InChI=1S/C12H7F2IN2O/c13-8-1-2-11(10(15)4-8)17-12(18)7-3-9(14)6-16-5-7/h1-6H,(H,17,18). The molecule has 0 spiro atoms. The highest BCUT2D eigenvalue weighted by molar-refractivity contribution is 14.1. The van der Waals surface area contributed by atoms with Crippen molar-refractivity contribution in [3.8, 4) is 0 Å². The number of anilines is 1. The van der Waals surface area contributed by atoms with Crippen LogP contribution in [-0.4, -0.2) is 10.9 Å². The number of nitrogens with zero attached hydrogens (tertiary/aromatic N) is 1. The van der Waals surface area contributed by atoms with Crippen molar-refractivity contribution in [1.29, 1.82) is 0 Å². The smallest absolute Gasteiger partial charge is 0.257 e. The number of rotatable bonds is 2. The number of carbonyl (C=O) groups excluding carboxylic acids is 1. The molecule has 0 saturated carbocycles. The Labute approximate surface area is 115 Å². The summed E-state index contributed by atoms with van der Waals surface area (Å²) in [6.07, 6.45) is 2.27. The number of amides is 1. The summed E-state index contributed by atoms with van der Waals surface area (Å²) in [7, 11) is 0. The lowest BCUT2D eigenvalue weighted by Gasteiger charge is -2.07. The summed E-state index contributed by atoms with van der Waals surface area (Å²) in [6.45, 7) is 0. The summed E-state index contributed by atoms with van der Waals surface area (Å²) in [5.41, 5.74) is 0.571. The van der Waals surface area contributed by atoms with E-state index in [1.807, 2.05) is 22.6 Å². The minimum absolute atomic E-state index is 0.107. The highest BCUT2D eigenvalue weighted by atomic mass is 127. The number of hydrogen-bond acceptors (Lipinski definition) is 2. The monoisotopic (exact) mass is 360 g/mol. The lowest BCUT2D eigenvalue weighted by Crippen LogP contribution is -2.13. The number of pyridine rings is 1. The summed E-state index contributed by atoms with van der Waals surface area (Å²) in [5, 5.41) is 2.56. The maximum atomic E-state index is 12.9. The van der Waals surface area contributed by atoms with E-state index < -0.39 is 11.7 Å². The van der Waals surface area contributed by atoms with Crippen LogP contribution >= 0.6 is 22.6 Å². The van der Waals surface area contributed by atoms with Gasteiger partial charge in [0.15, 0.2) is 0 Å². The van der Waals surface area contributed by atoms with Gasteiger partial charge in [0.05, 0.1) is 17.4 Å². The third-order valence-electron chi connectivity index (χ3n) is 2.15. The van der Waals surface area contributed by atoms with Gasteiger partial charge in [-0.25, -0.2) is 8.78 Å². The number of nitrogens with one attached hydrogen (secondary N) is 1. The summed E-state index contributed by atoms with van der Waals surface area (Å²) in [6, 6.07) is 5.06. The molecule has 1 aromatic carbocycles. The first kappa shape index (κ1) is 12.9. The van der Waals surface area contributed by atoms with Crippen LogP contribution in [-0.2, 0) is 0 Å². The van der Waals surface area contributed by atoms with Crippen LogP contribution in [0.15, 0.2) is 36.7 Å². The molecule has 3 nitrogen and oxygen atoms in total. The van der Waals surface area contributed by atoms with E-state index in [1.54, 1.807) is 0 Å². The molecule has 0 aliphatic rings. The molecule has 1 aromatic heterocycles. The molecule has 1 heterocycles. The fourth-order valence-electron chi connectivity index (χ4n) is 1.32. The van der Waals surface area contributed by atoms with Gasteiger partial charge in [-0.1, -0.05) is 0 Å². The largest absolute Gasteiger partial charge is 0.321 e. The third kappa shape index (κ3) is 3.00. The van der Waals surface area contributed by atoms with Gasteiger partial charge in [-0.15, -0.1) is 0 Å². The molecule has 0 saturated heterocycles. The van der Waals surface area contributed by atoms with E-state index in [4.69, 9.17) is 0 Å². The third-order valence-corrected chi connectivity index (χ3v) is 3.04. The van der Waals surface area contributed by atoms with Crippen LogP contribution < -0.4 is 5.32 Å². The first-order valence-corrected chi connectivity index (χ1v) is 6.01. The van der Waals surface area contributed by atoms with E-state index in [1.165, 1.54) is 24.4 Å². The first-order chi connectivity index (χ1) is 8.56. The van der Waals surface area contributed by atoms with E-state index >= 15 is 0 Å². The fraction of sp³-hybridized carbons (Fsp3) is 0. The van der Waals surface area contributed by atoms with Crippen LogP contribution in [0, 0.1) is 15.2 Å². The van der Waals surface area contributed by atoms with E-state index in [9.17, 15) is 13.6 Å². The Hall–Kier alpha value is -1.57. The fourth-order valence-corrected chi connectivity index (χ4v) is 1.93. The molecule has 0 unspecified atom stereocenters. The number of halogens is 3. The van der Waals surface area contributed by atoms with E-state index in [0.29, 0.717) is 9.26 Å². The molecule has 92 valence electrons. The van der Waals surface area contributed by atoms with Gasteiger partial charge in [0.2, 0.25) is 0 Å². The molecule has 0 radical (unpaired) electrons. The highest BCUT2D eigenvalue weighted by Crippen LogP contribution is 2.19. The number of hydrogen-bond donors (Lipinski definition) is 1. The normalized spacial score (nSPS) is 10.2. The quantitative estimate of drug-likeness (QED) is 0.836. The molecule has 6 heteroatoms. The first-order valence-electron chi connectivity index (χ1n) is 4.93. The molecule has 0 bridgehead atoms. The maximum absolute atomic E-state index is 12.9. The van der Waals surface area contributed by atoms with Gasteiger partial charge in [-0.3, -0.25) is 9.78 Å². The van der Waals surface area contributed by atoms with Crippen LogP contribution in [0.4, 0.5) is 14.5 Å². The Morgan fingerprint density at radius 2 is 1.94 bits per heavy atom. The van der Waals surface area contributed by atoms with Gasteiger partial charge in [0.25, 0.3) is 5.91 Å². The molecule has 0 atom stereocenters. The zero-order chi connectivity index (χ0) is 13.1. The SMILES string of the molecule is O=C(Nc1ccc(F)cc1I)c1cncc(F)c1. The van der Waals surface area contributed by atoms with Crippen LogP contribution in [0.5, 0.6) is 0 Å². The van der Waals surface area contributed by atoms with E-state index in [0.717, 1.165) is 12.3 Å². The lowest BCUT2D eigenvalue weighted by molar-refractivity contribution is 0.102. The number of carbonyl (C=O) groups is 1. The minimum Gasteiger partial charge on any atom is -0.321 e. The molecule has 0 aliphatic heterocycles. The highest BCUT2D eigenvalue weighted by Gasteiger charge is 2.09. The second-order valence-electron chi connectivity index (χ2n) is 3.47. The Bertz CT molecular complexity index is 604. The molecule has 2 aromatic rings. The predicted molar refractivity (Wildman–Crippen MR) is 71.3 cm³/mol. The van der Waals surface area contributed by atoms with Gasteiger partial charge < -0.3 is 5.32 Å². The average Bonchev–Trinajstić information content (AvgIpc) is 2.32. The summed E-state index contributed by atoms with van der Waals surface area (Å²) in [5.74, 6) is -1.47. The summed E-state index contributed by atoms with van der Waals surface area (Å²) >= 11 is 1.90. The van der Waals surface area contributed by atoms with E-state index in [2.05, 4.69) is 10.3 Å². The maximum Gasteiger partial charge on any atom is 0.257 e. The van der Waals surface area contributed by atoms with Crippen molar-refractivity contribution in [2.24, 2.45) is 0 Å². The molecular weight excluding hydrogens is 353 g/mol. The van der Waals surface area contributed by atoms with Crippen LogP contribution in [0.25, 0.3) is 0 Å².